The summed E-state index contributed by atoms with van der Waals surface area (Å²) in [6.45, 7) is 8.22. The monoisotopic (exact) mass is 315 g/mol. The van der Waals surface area contributed by atoms with Crippen molar-refractivity contribution in [3.8, 4) is 0 Å². The van der Waals surface area contributed by atoms with Crippen LogP contribution in [-0.4, -0.2) is 33.3 Å². The van der Waals surface area contributed by atoms with E-state index in [2.05, 4.69) is 27.0 Å². The summed E-state index contributed by atoms with van der Waals surface area (Å²) in [5, 5.41) is 7.23. The summed E-state index contributed by atoms with van der Waals surface area (Å²) >= 11 is 0. The van der Waals surface area contributed by atoms with Crippen LogP contribution < -0.4 is 10.5 Å². The molecule has 2 aromatic rings. The van der Waals surface area contributed by atoms with E-state index in [0.717, 1.165) is 55.4 Å². The molecule has 3 rings (SSSR count). The van der Waals surface area contributed by atoms with Gasteiger partial charge in [0.1, 0.15) is 0 Å². The third-order valence-electron chi connectivity index (χ3n) is 4.65. The van der Waals surface area contributed by atoms with Crippen molar-refractivity contribution in [3.63, 3.8) is 0 Å². The summed E-state index contributed by atoms with van der Waals surface area (Å²) in [4.78, 5) is 21.8. The molecule has 6 heteroatoms. The molecule has 1 atom stereocenters. The standard InChI is InChI=1S/C17H25N5O/c1-11-5-4-8-22(10-11)17-18-14(9-16(23)19-17)6-7-15-12(2)20-21-13(15)3/h9,11H,4-8,10H2,1-3H3,(H,20,21)(H,18,19,23)/t11-/m1/s1. The van der Waals surface area contributed by atoms with Crippen LogP contribution in [0.15, 0.2) is 10.9 Å². The van der Waals surface area contributed by atoms with Gasteiger partial charge in [-0.2, -0.15) is 5.10 Å². The van der Waals surface area contributed by atoms with Gasteiger partial charge in [-0.1, -0.05) is 6.92 Å². The SMILES string of the molecule is Cc1n[nH]c(C)c1CCc1cc(=O)[nH]c(N2CCC[C@@H](C)C2)n1. The molecule has 0 amide bonds. The first kappa shape index (κ1) is 15.8. The highest BCUT2D eigenvalue weighted by Gasteiger charge is 2.19. The van der Waals surface area contributed by atoms with Crippen molar-refractivity contribution in [3.05, 3.63) is 39.1 Å². The second-order valence-electron chi connectivity index (χ2n) is 6.67. The minimum absolute atomic E-state index is 0.0659. The summed E-state index contributed by atoms with van der Waals surface area (Å²) < 4.78 is 0. The van der Waals surface area contributed by atoms with Crippen molar-refractivity contribution >= 4 is 5.95 Å². The topological polar surface area (TPSA) is 77.7 Å². The molecule has 0 aliphatic carbocycles. The molecule has 2 aromatic heterocycles. The highest BCUT2D eigenvalue weighted by molar-refractivity contribution is 5.32. The number of aryl methyl sites for hydroxylation is 3. The maximum Gasteiger partial charge on any atom is 0.252 e. The van der Waals surface area contributed by atoms with Gasteiger partial charge in [0, 0.05) is 24.8 Å². The van der Waals surface area contributed by atoms with Crippen LogP contribution in [0.4, 0.5) is 5.95 Å². The van der Waals surface area contributed by atoms with Gasteiger partial charge in [0.15, 0.2) is 0 Å². The number of anilines is 1. The number of aromatic amines is 2. The Morgan fingerprint density at radius 2 is 2.17 bits per heavy atom. The van der Waals surface area contributed by atoms with Gasteiger partial charge in [0.05, 0.1) is 11.4 Å². The molecule has 0 unspecified atom stereocenters. The maximum absolute atomic E-state index is 12.0. The van der Waals surface area contributed by atoms with E-state index < -0.39 is 0 Å². The van der Waals surface area contributed by atoms with Crippen LogP contribution in [0.3, 0.4) is 0 Å². The molecular formula is C17H25N5O. The summed E-state index contributed by atoms with van der Waals surface area (Å²) in [5.41, 5.74) is 4.13. The predicted molar refractivity (Wildman–Crippen MR) is 90.9 cm³/mol. The molecule has 23 heavy (non-hydrogen) atoms. The number of hydrogen-bond acceptors (Lipinski definition) is 4. The first-order valence-corrected chi connectivity index (χ1v) is 8.38. The maximum atomic E-state index is 12.0. The minimum Gasteiger partial charge on any atom is -0.342 e. The van der Waals surface area contributed by atoms with E-state index in [1.54, 1.807) is 6.07 Å². The van der Waals surface area contributed by atoms with Gasteiger partial charge in [-0.05, 0) is 51.0 Å². The number of H-pyrrole nitrogens is 2. The zero-order chi connectivity index (χ0) is 16.4. The van der Waals surface area contributed by atoms with E-state index in [1.165, 1.54) is 12.0 Å². The highest BCUT2D eigenvalue weighted by Crippen LogP contribution is 2.19. The second-order valence-corrected chi connectivity index (χ2v) is 6.67. The molecule has 0 saturated carbocycles. The van der Waals surface area contributed by atoms with E-state index in [9.17, 15) is 4.79 Å². The van der Waals surface area contributed by atoms with Gasteiger partial charge in [0.25, 0.3) is 5.56 Å². The summed E-state index contributed by atoms with van der Waals surface area (Å²) in [6.07, 6.45) is 4.00. The quantitative estimate of drug-likeness (QED) is 0.906. The first-order chi connectivity index (χ1) is 11.0. The highest BCUT2D eigenvalue weighted by atomic mass is 16.1. The Balaban J connectivity index is 1.76. The molecule has 1 fully saturated rings. The summed E-state index contributed by atoms with van der Waals surface area (Å²) in [7, 11) is 0. The Bertz CT molecular complexity index is 713. The smallest absolute Gasteiger partial charge is 0.252 e. The van der Waals surface area contributed by atoms with E-state index in [-0.39, 0.29) is 5.56 Å². The average molecular weight is 315 g/mol. The van der Waals surface area contributed by atoms with Crippen LogP contribution in [0.2, 0.25) is 0 Å². The lowest BCUT2D eigenvalue weighted by atomic mass is 10.0. The predicted octanol–water partition coefficient (Wildman–Crippen LogP) is 2.13. The van der Waals surface area contributed by atoms with Gasteiger partial charge in [-0.25, -0.2) is 4.98 Å². The lowest BCUT2D eigenvalue weighted by Gasteiger charge is -2.31. The summed E-state index contributed by atoms with van der Waals surface area (Å²) in [5.74, 6) is 1.37. The molecule has 124 valence electrons. The molecule has 3 heterocycles. The number of nitrogens with one attached hydrogen (secondary N) is 2. The largest absolute Gasteiger partial charge is 0.342 e. The van der Waals surface area contributed by atoms with Crippen LogP contribution in [0.1, 0.15) is 42.4 Å². The second kappa shape index (κ2) is 6.56. The van der Waals surface area contributed by atoms with Crippen molar-refractivity contribution in [2.75, 3.05) is 18.0 Å². The lowest BCUT2D eigenvalue weighted by Crippen LogP contribution is -2.36. The van der Waals surface area contributed by atoms with Crippen molar-refractivity contribution in [2.24, 2.45) is 5.92 Å². The number of rotatable bonds is 4. The van der Waals surface area contributed by atoms with E-state index >= 15 is 0 Å². The average Bonchev–Trinajstić information content (AvgIpc) is 2.83. The molecule has 1 aliphatic rings. The third kappa shape index (κ3) is 3.63. The Labute approximate surface area is 136 Å². The van der Waals surface area contributed by atoms with E-state index in [4.69, 9.17) is 4.98 Å². The zero-order valence-corrected chi connectivity index (χ0v) is 14.1. The molecule has 2 N–H and O–H groups in total. The van der Waals surface area contributed by atoms with Crippen molar-refractivity contribution in [1.82, 2.24) is 20.2 Å². The van der Waals surface area contributed by atoms with Crippen LogP contribution in [0.25, 0.3) is 0 Å². The Kier molecular flexibility index (Phi) is 4.50. The van der Waals surface area contributed by atoms with Crippen molar-refractivity contribution < 1.29 is 0 Å². The summed E-state index contributed by atoms with van der Waals surface area (Å²) in [6, 6.07) is 1.61. The minimum atomic E-state index is -0.0659. The lowest BCUT2D eigenvalue weighted by molar-refractivity contribution is 0.441. The van der Waals surface area contributed by atoms with Crippen LogP contribution in [0, 0.1) is 19.8 Å². The molecule has 0 bridgehead atoms. The first-order valence-electron chi connectivity index (χ1n) is 8.38. The van der Waals surface area contributed by atoms with E-state index in [0.29, 0.717) is 5.92 Å². The Hall–Kier alpha value is -2.11. The van der Waals surface area contributed by atoms with Crippen LogP contribution in [0.5, 0.6) is 0 Å². The fourth-order valence-corrected chi connectivity index (χ4v) is 3.35. The molecular weight excluding hydrogens is 290 g/mol. The number of piperidine rings is 1. The molecule has 6 nitrogen and oxygen atoms in total. The molecule has 1 aliphatic heterocycles. The number of hydrogen-bond donors (Lipinski definition) is 2. The fraction of sp³-hybridized carbons (Fsp3) is 0.588. The third-order valence-corrected chi connectivity index (χ3v) is 4.65. The number of aromatic nitrogens is 4. The van der Waals surface area contributed by atoms with Crippen LogP contribution >= 0.6 is 0 Å². The van der Waals surface area contributed by atoms with E-state index in [1.807, 2.05) is 13.8 Å². The van der Waals surface area contributed by atoms with Gasteiger partial charge < -0.3 is 4.90 Å². The number of nitrogens with zero attached hydrogens (tertiary/aromatic N) is 3. The normalized spacial score (nSPS) is 18.4. The fourth-order valence-electron chi connectivity index (χ4n) is 3.35. The van der Waals surface area contributed by atoms with Crippen molar-refractivity contribution in [2.45, 2.75) is 46.5 Å². The van der Waals surface area contributed by atoms with Gasteiger partial charge in [-0.15, -0.1) is 0 Å². The van der Waals surface area contributed by atoms with Crippen molar-refractivity contribution in [1.29, 1.82) is 0 Å². The molecule has 0 radical (unpaired) electrons. The zero-order valence-electron chi connectivity index (χ0n) is 14.1. The molecule has 0 spiro atoms. The Morgan fingerprint density at radius 3 is 2.87 bits per heavy atom. The van der Waals surface area contributed by atoms with Gasteiger partial charge in [-0.3, -0.25) is 14.9 Å². The van der Waals surface area contributed by atoms with Gasteiger partial charge in [0.2, 0.25) is 5.95 Å². The molecule has 0 aromatic carbocycles. The molecule has 1 saturated heterocycles. The van der Waals surface area contributed by atoms with Gasteiger partial charge >= 0.3 is 0 Å². The Morgan fingerprint density at radius 1 is 1.35 bits per heavy atom. The van der Waals surface area contributed by atoms with Crippen LogP contribution in [-0.2, 0) is 12.8 Å².